The lowest BCUT2D eigenvalue weighted by Crippen LogP contribution is -1.94. The van der Waals surface area contributed by atoms with Crippen LogP contribution in [-0.2, 0) is 13.5 Å². The summed E-state index contributed by atoms with van der Waals surface area (Å²) in [6.45, 7) is 0. The zero-order valence-electron chi connectivity index (χ0n) is 7.46. The van der Waals surface area contributed by atoms with Gasteiger partial charge in [0.25, 0.3) is 0 Å². The first kappa shape index (κ1) is 9.78. The lowest BCUT2D eigenvalue weighted by molar-refractivity contribution is 0.690. The average Bonchev–Trinajstić information content (AvgIpc) is 2.46. The molecule has 1 heterocycles. The molecule has 0 N–H and O–H groups in total. The van der Waals surface area contributed by atoms with Gasteiger partial charge in [0.15, 0.2) is 0 Å². The number of halogens is 1. The number of rotatable bonds is 5. The molecule has 12 heavy (non-hydrogen) atoms. The van der Waals surface area contributed by atoms with Crippen LogP contribution in [0, 0.1) is 0 Å². The van der Waals surface area contributed by atoms with E-state index in [1.54, 1.807) is 0 Å². The molecule has 0 saturated heterocycles. The molecule has 0 aliphatic carbocycles. The third-order valence-corrected chi connectivity index (χ3v) is 2.54. The Kier molecular flexibility index (Phi) is 4.36. The smallest absolute Gasteiger partial charge is 0.0945 e. The lowest BCUT2D eigenvalue weighted by Gasteiger charge is -2.00. The minimum absolute atomic E-state index is 1.12. The highest BCUT2D eigenvalue weighted by atomic mass is 79.9. The van der Waals surface area contributed by atoms with Gasteiger partial charge in [-0.1, -0.05) is 22.4 Å². The first-order valence-corrected chi connectivity index (χ1v) is 5.48. The number of unbranched alkanes of at least 4 members (excludes halogenated alkanes) is 2. The fourth-order valence-corrected chi connectivity index (χ4v) is 1.60. The van der Waals surface area contributed by atoms with Gasteiger partial charge in [-0.25, -0.2) is 4.98 Å². The van der Waals surface area contributed by atoms with E-state index in [4.69, 9.17) is 0 Å². The molecular formula is C9H15BrN2. The van der Waals surface area contributed by atoms with E-state index in [2.05, 4.69) is 25.5 Å². The first-order chi connectivity index (χ1) is 5.84. The van der Waals surface area contributed by atoms with Crippen LogP contribution < -0.4 is 0 Å². The zero-order valence-corrected chi connectivity index (χ0v) is 9.05. The van der Waals surface area contributed by atoms with Crippen LogP contribution in [0.25, 0.3) is 0 Å². The Labute approximate surface area is 82.1 Å². The van der Waals surface area contributed by atoms with Crippen LogP contribution in [0.4, 0.5) is 0 Å². The number of hydrogen-bond acceptors (Lipinski definition) is 1. The van der Waals surface area contributed by atoms with E-state index in [1.807, 2.05) is 19.6 Å². The number of alkyl halides is 1. The van der Waals surface area contributed by atoms with Crippen molar-refractivity contribution in [1.82, 2.24) is 9.55 Å². The van der Waals surface area contributed by atoms with Crippen molar-refractivity contribution in [3.63, 3.8) is 0 Å². The van der Waals surface area contributed by atoms with Crippen LogP contribution in [0.2, 0.25) is 0 Å². The molecule has 68 valence electrons. The van der Waals surface area contributed by atoms with E-state index in [9.17, 15) is 0 Å². The Morgan fingerprint density at radius 2 is 2.25 bits per heavy atom. The molecule has 1 aromatic heterocycles. The summed E-state index contributed by atoms with van der Waals surface area (Å²) in [6, 6.07) is 0. The van der Waals surface area contributed by atoms with Crippen molar-refractivity contribution < 1.29 is 0 Å². The number of imidazole rings is 1. The molecule has 0 aromatic carbocycles. The highest BCUT2D eigenvalue weighted by Crippen LogP contribution is 2.05. The minimum atomic E-state index is 1.12. The highest BCUT2D eigenvalue weighted by molar-refractivity contribution is 9.09. The van der Waals surface area contributed by atoms with Crippen LogP contribution in [0.5, 0.6) is 0 Å². The molecule has 0 bridgehead atoms. The third-order valence-electron chi connectivity index (χ3n) is 1.98. The molecule has 0 amide bonds. The number of nitrogens with zero attached hydrogens (tertiary/aromatic N) is 2. The van der Waals surface area contributed by atoms with Crippen LogP contribution >= 0.6 is 15.9 Å². The Balaban J connectivity index is 2.20. The van der Waals surface area contributed by atoms with E-state index < -0.39 is 0 Å². The van der Waals surface area contributed by atoms with E-state index in [-0.39, 0.29) is 0 Å². The monoisotopic (exact) mass is 230 g/mol. The molecule has 0 radical (unpaired) electrons. The normalized spacial score (nSPS) is 10.5. The number of aryl methyl sites for hydroxylation is 2. The first-order valence-electron chi connectivity index (χ1n) is 4.35. The van der Waals surface area contributed by atoms with Crippen LogP contribution in [-0.4, -0.2) is 14.9 Å². The molecule has 0 saturated carbocycles. The van der Waals surface area contributed by atoms with Gasteiger partial charge in [0.05, 0.1) is 6.33 Å². The Morgan fingerprint density at radius 3 is 2.83 bits per heavy atom. The summed E-state index contributed by atoms with van der Waals surface area (Å²) < 4.78 is 2.09. The molecule has 1 aromatic rings. The second-order valence-electron chi connectivity index (χ2n) is 3.00. The fourth-order valence-electron chi connectivity index (χ4n) is 1.20. The van der Waals surface area contributed by atoms with E-state index >= 15 is 0 Å². The van der Waals surface area contributed by atoms with Gasteiger partial charge >= 0.3 is 0 Å². The largest absolute Gasteiger partial charge is 0.338 e. The van der Waals surface area contributed by atoms with Gasteiger partial charge in [-0.05, 0) is 19.3 Å². The Morgan fingerprint density at radius 1 is 1.42 bits per heavy atom. The van der Waals surface area contributed by atoms with Crippen LogP contribution in [0.15, 0.2) is 12.5 Å². The van der Waals surface area contributed by atoms with Gasteiger partial charge in [0, 0.05) is 24.3 Å². The van der Waals surface area contributed by atoms with Crippen LogP contribution in [0.1, 0.15) is 25.0 Å². The molecular weight excluding hydrogens is 216 g/mol. The molecule has 0 spiro atoms. The Hall–Kier alpha value is -0.310. The van der Waals surface area contributed by atoms with Gasteiger partial charge < -0.3 is 4.57 Å². The maximum absolute atomic E-state index is 4.07. The van der Waals surface area contributed by atoms with E-state index in [0.717, 1.165) is 11.8 Å². The van der Waals surface area contributed by atoms with Crippen LogP contribution in [0.3, 0.4) is 0 Å². The number of aromatic nitrogens is 2. The van der Waals surface area contributed by atoms with Crippen molar-refractivity contribution in [2.45, 2.75) is 25.7 Å². The summed E-state index contributed by atoms with van der Waals surface area (Å²) in [4.78, 5) is 4.07. The molecule has 0 atom stereocenters. The van der Waals surface area contributed by atoms with Gasteiger partial charge in [-0.3, -0.25) is 0 Å². The van der Waals surface area contributed by atoms with Crippen molar-refractivity contribution >= 4 is 15.9 Å². The predicted molar refractivity (Wildman–Crippen MR) is 54.6 cm³/mol. The van der Waals surface area contributed by atoms with Gasteiger partial charge in [-0.15, -0.1) is 0 Å². The second-order valence-corrected chi connectivity index (χ2v) is 3.79. The number of hydrogen-bond donors (Lipinski definition) is 0. The summed E-state index contributed by atoms with van der Waals surface area (Å²) in [5, 5.41) is 1.12. The zero-order chi connectivity index (χ0) is 8.81. The summed E-state index contributed by atoms with van der Waals surface area (Å²) in [6.07, 6.45) is 8.82. The summed E-state index contributed by atoms with van der Waals surface area (Å²) in [5.74, 6) is 0. The molecule has 2 nitrogen and oxygen atoms in total. The van der Waals surface area contributed by atoms with E-state index in [1.165, 1.54) is 25.0 Å². The topological polar surface area (TPSA) is 17.8 Å². The quantitative estimate of drug-likeness (QED) is 0.562. The summed E-state index contributed by atoms with van der Waals surface area (Å²) in [5.41, 5.74) is 1.34. The van der Waals surface area contributed by atoms with Gasteiger partial charge in [0.1, 0.15) is 0 Å². The molecule has 0 unspecified atom stereocenters. The molecule has 0 aliphatic heterocycles. The van der Waals surface area contributed by atoms with Crippen molar-refractivity contribution in [1.29, 1.82) is 0 Å². The second kappa shape index (κ2) is 5.36. The standard InChI is InChI=1S/C9H15BrN2/c1-12-8-11-7-9(12)5-3-2-4-6-10/h7-8H,2-6H2,1H3. The van der Waals surface area contributed by atoms with Gasteiger partial charge in [-0.2, -0.15) is 0 Å². The lowest BCUT2D eigenvalue weighted by atomic mass is 10.2. The van der Waals surface area contributed by atoms with Crippen molar-refractivity contribution in [3.8, 4) is 0 Å². The van der Waals surface area contributed by atoms with Gasteiger partial charge in [0.2, 0.25) is 0 Å². The molecule has 1 rings (SSSR count). The molecule has 0 aliphatic rings. The predicted octanol–water partition coefficient (Wildman–Crippen LogP) is 2.53. The van der Waals surface area contributed by atoms with E-state index in [0.29, 0.717) is 0 Å². The summed E-state index contributed by atoms with van der Waals surface area (Å²) in [7, 11) is 2.05. The van der Waals surface area contributed by atoms with Crippen molar-refractivity contribution in [2.24, 2.45) is 7.05 Å². The average molecular weight is 231 g/mol. The van der Waals surface area contributed by atoms with Crippen molar-refractivity contribution in [2.75, 3.05) is 5.33 Å². The third kappa shape index (κ3) is 2.97. The fraction of sp³-hybridized carbons (Fsp3) is 0.667. The Bertz CT molecular complexity index is 220. The minimum Gasteiger partial charge on any atom is -0.338 e. The molecule has 0 fully saturated rings. The molecule has 3 heteroatoms. The van der Waals surface area contributed by atoms with Crippen molar-refractivity contribution in [3.05, 3.63) is 18.2 Å². The highest BCUT2D eigenvalue weighted by Gasteiger charge is 1.96. The maximum atomic E-state index is 4.07. The summed E-state index contributed by atoms with van der Waals surface area (Å²) >= 11 is 3.43. The maximum Gasteiger partial charge on any atom is 0.0945 e. The SMILES string of the molecule is Cn1cncc1CCCCCBr.